The summed E-state index contributed by atoms with van der Waals surface area (Å²) in [5.74, 6) is 0.484. The van der Waals surface area contributed by atoms with E-state index in [1.807, 2.05) is 39.0 Å². The number of ether oxygens (including phenoxy) is 1. The standard InChI is InChI=1S/C16H20N2O3/c1-16(2,3)21-15(20)18(4)14-8-13-11(9-17-14)6-5-7-12(13)10-19/h5-9,19H,10H2,1-4H3. The number of carbonyl (C=O) groups excluding carboxylic acids is 1. The second kappa shape index (κ2) is 5.69. The van der Waals surface area contributed by atoms with E-state index < -0.39 is 11.7 Å². The van der Waals surface area contributed by atoms with Crippen molar-refractivity contribution in [2.24, 2.45) is 0 Å². The van der Waals surface area contributed by atoms with Crippen LogP contribution >= 0.6 is 0 Å². The van der Waals surface area contributed by atoms with E-state index in [-0.39, 0.29) is 6.61 Å². The molecule has 0 spiro atoms. The summed E-state index contributed by atoms with van der Waals surface area (Å²) in [6.45, 7) is 5.39. The smallest absolute Gasteiger partial charge is 0.415 e. The largest absolute Gasteiger partial charge is 0.443 e. The molecule has 1 aromatic carbocycles. The van der Waals surface area contributed by atoms with Gasteiger partial charge in [0.15, 0.2) is 0 Å². The number of benzene rings is 1. The third-order valence-electron chi connectivity index (χ3n) is 3.02. The number of anilines is 1. The lowest BCUT2D eigenvalue weighted by atomic mass is 10.1. The molecule has 0 bridgehead atoms. The summed E-state index contributed by atoms with van der Waals surface area (Å²) >= 11 is 0. The van der Waals surface area contributed by atoms with Crippen LogP contribution in [0.1, 0.15) is 26.3 Å². The van der Waals surface area contributed by atoms with Crippen LogP contribution in [0.15, 0.2) is 30.5 Å². The third-order valence-corrected chi connectivity index (χ3v) is 3.02. The Balaban J connectivity index is 2.36. The molecule has 21 heavy (non-hydrogen) atoms. The fourth-order valence-corrected chi connectivity index (χ4v) is 1.97. The van der Waals surface area contributed by atoms with Crippen LogP contribution in [-0.4, -0.2) is 28.8 Å². The van der Waals surface area contributed by atoms with E-state index in [1.54, 1.807) is 19.3 Å². The van der Waals surface area contributed by atoms with Crippen molar-refractivity contribution in [1.82, 2.24) is 4.98 Å². The first-order valence-corrected chi connectivity index (χ1v) is 6.77. The van der Waals surface area contributed by atoms with Gasteiger partial charge in [0.1, 0.15) is 11.4 Å². The number of rotatable bonds is 2. The predicted octanol–water partition coefficient (Wildman–Crippen LogP) is 3.10. The normalized spacial score (nSPS) is 11.5. The molecule has 5 nitrogen and oxygen atoms in total. The molecule has 1 amide bonds. The molecule has 2 rings (SSSR count). The van der Waals surface area contributed by atoms with Gasteiger partial charge in [-0.3, -0.25) is 4.90 Å². The highest BCUT2D eigenvalue weighted by atomic mass is 16.6. The molecule has 0 saturated heterocycles. The molecule has 5 heteroatoms. The molecule has 1 aromatic heterocycles. The lowest BCUT2D eigenvalue weighted by Crippen LogP contribution is -2.34. The van der Waals surface area contributed by atoms with Crippen LogP contribution in [0.3, 0.4) is 0 Å². The van der Waals surface area contributed by atoms with Crippen LogP contribution in [0.25, 0.3) is 10.8 Å². The van der Waals surface area contributed by atoms with Gasteiger partial charge in [-0.2, -0.15) is 0 Å². The number of pyridine rings is 1. The van der Waals surface area contributed by atoms with Gasteiger partial charge in [-0.25, -0.2) is 9.78 Å². The topological polar surface area (TPSA) is 62.7 Å². The van der Waals surface area contributed by atoms with Crippen molar-refractivity contribution in [2.45, 2.75) is 33.0 Å². The van der Waals surface area contributed by atoms with E-state index in [2.05, 4.69) is 4.98 Å². The summed E-state index contributed by atoms with van der Waals surface area (Å²) < 4.78 is 5.32. The van der Waals surface area contributed by atoms with Crippen LogP contribution < -0.4 is 4.90 Å². The molecule has 0 aliphatic heterocycles. The van der Waals surface area contributed by atoms with Gasteiger partial charge in [-0.15, -0.1) is 0 Å². The molecule has 0 aliphatic carbocycles. The number of aromatic nitrogens is 1. The minimum atomic E-state index is -0.557. The number of amides is 1. The summed E-state index contributed by atoms with van der Waals surface area (Å²) in [7, 11) is 1.61. The van der Waals surface area contributed by atoms with Crippen molar-refractivity contribution in [3.8, 4) is 0 Å². The molecule has 0 aliphatic rings. The maximum absolute atomic E-state index is 12.1. The van der Waals surface area contributed by atoms with Gasteiger partial charge >= 0.3 is 6.09 Å². The number of aliphatic hydroxyl groups excluding tert-OH is 1. The van der Waals surface area contributed by atoms with E-state index in [0.717, 1.165) is 16.3 Å². The fourth-order valence-electron chi connectivity index (χ4n) is 1.97. The second-order valence-corrected chi connectivity index (χ2v) is 5.88. The van der Waals surface area contributed by atoms with Gasteiger partial charge in [0.25, 0.3) is 0 Å². The number of nitrogens with zero attached hydrogens (tertiary/aromatic N) is 2. The quantitative estimate of drug-likeness (QED) is 0.922. The molecule has 0 saturated carbocycles. The van der Waals surface area contributed by atoms with E-state index in [4.69, 9.17) is 4.74 Å². The van der Waals surface area contributed by atoms with Gasteiger partial charge < -0.3 is 9.84 Å². The Hall–Kier alpha value is -2.14. The van der Waals surface area contributed by atoms with Gasteiger partial charge in [-0.1, -0.05) is 18.2 Å². The first-order valence-electron chi connectivity index (χ1n) is 6.77. The SMILES string of the molecule is CN(C(=O)OC(C)(C)C)c1cc2c(CO)cccc2cn1. The zero-order valence-electron chi connectivity index (χ0n) is 12.8. The third kappa shape index (κ3) is 3.49. The highest BCUT2D eigenvalue weighted by molar-refractivity contribution is 5.92. The zero-order chi connectivity index (χ0) is 15.6. The number of hydrogen-bond donors (Lipinski definition) is 1. The average Bonchev–Trinajstić information content (AvgIpc) is 2.43. The van der Waals surface area contributed by atoms with Gasteiger partial charge in [0.2, 0.25) is 0 Å². The van der Waals surface area contributed by atoms with Crippen molar-refractivity contribution in [3.05, 3.63) is 36.0 Å². The summed E-state index contributed by atoms with van der Waals surface area (Å²) in [6, 6.07) is 7.41. The minimum Gasteiger partial charge on any atom is -0.443 e. The zero-order valence-corrected chi connectivity index (χ0v) is 12.8. The van der Waals surface area contributed by atoms with Crippen molar-refractivity contribution < 1.29 is 14.6 Å². The molecule has 0 fully saturated rings. The Morgan fingerprint density at radius 3 is 2.71 bits per heavy atom. The summed E-state index contributed by atoms with van der Waals surface area (Å²) in [5.41, 5.74) is 0.243. The number of hydrogen-bond acceptors (Lipinski definition) is 4. The molecule has 1 heterocycles. The predicted molar refractivity (Wildman–Crippen MR) is 82.3 cm³/mol. The molecular weight excluding hydrogens is 268 g/mol. The van der Waals surface area contributed by atoms with Crippen molar-refractivity contribution >= 4 is 22.7 Å². The highest BCUT2D eigenvalue weighted by Crippen LogP contribution is 2.23. The maximum atomic E-state index is 12.1. The second-order valence-electron chi connectivity index (χ2n) is 5.88. The first-order chi connectivity index (χ1) is 9.81. The van der Waals surface area contributed by atoms with E-state index in [9.17, 15) is 9.90 Å². The molecule has 0 radical (unpaired) electrons. The highest BCUT2D eigenvalue weighted by Gasteiger charge is 2.21. The molecule has 0 atom stereocenters. The van der Waals surface area contributed by atoms with Crippen LogP contribution in [0.4, 0.5) is 10.6 Å². The Labute approximate surface area is 124 Å². The molecule has 2 aromatic rings. The van der Waals surface area contributed by atoms with Crippen LogP contribution in [-0.2, 0) is 11.3 Å². The van der Waals surface area contributed by atoms with Gasteiger partial charge in [0.05, 0.1) is 6.61 Å². The summed E-state index contributed by atoms with van der Waals surface area (Å²) in [6.07, 6.45) is 1.22. The van der Waals surface area contributed by atoms with Crippen LogP contribution in [0.5, 0.6) is 0 Å². The Morgan fingerprint density at radius 2 is 2.10 bits per heavy atom. The van der Waals surface area contributed by atoms with Crippen LogP contribution in [0, 0.1) is 0 Å². The lowest BCUT2D eigenvalue weighted by Gasteiger charge is -2.24. The first kappa shape index (κ1) is 15.3. The molecular formula is C16H20N2O3. The van der Waals surface area contributed by atoms with Crippen molar-refractivity contribution in [2.75, 3.05) is 11.9 Å². The average molecular weight is 288 g/mol. The number of aliphatic hydroxyl groups is 1. The summed E-state index contributed by atoms with van der Waals surface area (Å²) in [5, 5.41) is 11.2. The van der Waals surface area contributed by atoms with Gasteiger partial charge in [-0.05, 0) is 37.8 Å². The lowest BCUT2D eigenvalue weighted by molar-refractivity contribution is 0.0588. The Bertz CT molecular complexity index is 662. The van der Waals surface area contributed by atoms with Crippen LogP contribution in [0.2, 0.25) is 0 Å². The Morgan fingerprint density at radius 1 is 1.38 bits per heavy atom. The van der Waals surface area contributed by atoms with Crippen molar-refractivity contribution in [1.29, 1.82) is 0 Å². The maximum Gasteiger partial charge on any atom is 0.415 e. The fraction of sp³-hybridized carbons (Fsp3) is 0.375. The van der Waals surface area contributed by atoms with E-state index >= 15 is 0 Å². The van der Waals surface area contributed by atoms with E-state index in [1.165, 1.54) is 4.90 Å². The number of fused-ring (bicyclic) bond motifs is 1. The van der Waals surface area contributed by atoms with Crippen molar-refractivity contribution in [3.63, 3.8) is 0 Å². The molecule has 112 valence electrons. The molecule has 0 unspecified atom stereocenters. The monoisotopic (exact) mass is 288 g/mol. The Kier molecular flexibility index (Phi) is 4.14. The minimum absolute atomic E-state index is 0.0586. The summed E-state index contributed by atoms with van der Waals surface area (Å²) in [4.78, 5) is 17.7. The van der Waals surface area contributed by atoms with Gasteiger partial charge in [0, 0.05) is 18.6 Å². The van der Waals surface area contributed by atoms with E-state index in [0.29, 0.717) is 5.82 Å². The number of carbonyl (C=O) groups is 1. The molecule has 1 N–H and O–H groups in total.